The fraction of sp³-hybridized carbons (Fsp3) is 0.857. The molecule has 2 aliphatic rings. The molecule has 20 heavy (non-hydrogen) atoms. The normalized spacial score (nSPS) is 27.6. The van der Waals surface area contributed by atoms with Gasteiger partial charge in [0.1, 0.15) is 0 Å². The van der Waals surface area contributed by atoms with Gasteiger partial charge in [0.15, 0.2) is 0 Å². The molecule has 0 spiro atoms. The molecule has 2 saturated heterocycles. The van der Waals surface area contributed by atoms with Crippen LogP contribution in [-0.4, -0.2) is 86.4 Å². The van der Waals surface area contributed by atoms with Gasteiger partial charge in [-0.25, -0.2) is 0 Å². The molecule has 0 saturated carbocycles. The number of rotatable bonds is 3. The number of carbonyl (C=O) groups is 2. The molecule has 0 bridgehead atoms. The molecule has 0 aliphatic carbocycles. The summed E-state index contributed by atoms with van der Waals surface area (Å²) < 4.78 is 0. The molecule has 0 aromatic rings. The highest BCUT2D eigenvalue weighted by molar-refractivity contribution is 5.80. The van der Waals surface area contributed by atoms with Crippen LogP contribution in [-0.2, 0) is 9.59 Å². The van der Waals surface area contributed by atoms with Crippen LogP contribution >= 0.6 is 0 Å². The Morgan fingerprint density at radius 1 is 1.15 bits per heavy atom. The zero-order chi connectivity index (χ0) is 14.7. The van der Waals surface area contributed by atoms with Crippen molar-refractivity contribution in [2.75, 3.05) is 59.9 Å². The summed E-state index contributed by atoms with van der Waals surface area (Å²) in [5, 5.41) is 3.28. The van der Waals surface area contributed by atoms with E-state index < -0.39 is 0 Å². The number of likely N-dealkylation sites (N-methyl/N-ethyl adjacent to an activating group) is 1. The van der Waals surface area contributed by atoms with Gasteiger partial charge in [0.2, 0.25) is 11.8 Å². The third-order valence-corrected chi connectivity index (χ3v) is 4.38. The molecular weight excluding hydrogens is 256 g/mol. The Kier molecular flexibility index (Phi) is 4.99. The van der Waals surface area contributed by atoms with E-state index in [2.05, 4.69) is 17.1 Å². The van der Waals surface area contributed by atoms with Gasteiger partial charge in [0.25, 0.3) is 0 Å². The fourth-order valence-electron chi connectivity index (χ4n) is 2.83. The van der Waals surface area contributed by atoms with Gasteiger partial charge in [-0.1, -0.05) is 6.92 Å². The summed E-state index contributed by atoms with van der Waals surface area (Å²) in [6.45, 7) is 7.39. The number of hydrogen-bond acceptors (Lipinski definition) is 4. The van der Waals surface area contributed by atoms with Crippen LogP contribution in [0, 0.1) is 11.8 Å². The van der Waals surface area contributed by atoms with Crippen molar-refractivity contribution in [1.82, 2.24) is 20.0 Å². The highest BCUT2D eigenvalue weighted by Crippen LogP contribution is 2.19. The fourth-order valence-corrected chi connectivity index (χ4v) is 2.83. The maximum Gasteiger partial charge on any atom is 0.236 e. The number of hydrogen-bond donors (Lipinski definition) is 1. The van der Waals surface area contributed by atoms with Crippen molar-refractivity contribution in [3.63, 3.8) is 0 Å². The molecule has 6 heteroatoms. The van der Waals surface area contributed by atoms with Crippen LogP contribution in [0.4, 0.5) is 0 Å². The van der Waals surface area contributed by atoms with E-state index in [9.17, 15) is 9.59 Å². The Hall–Kier alpha value is -1.14. The molecule has 0 aromatic carbocycles. The van der Waals surface area contributed by atoms with Crippen molar-refractivity contribution in [3.05, 3.63) is 0 Å². The van der Waals surface area contributed by atoms with E-state index in [0.29, 0.717) is 12.5 Å². The van der Waals surface area contributed by atoms with Crippen LogP contribution in [0.3, 0.4) is 0 Å². The summed E-state index contributed by atoms with van der Waals surface area (Å²) in [4.78, 5) is 29.8. The van der Waals surface area contributed by atoms with Crippen molar-refractivity contribution >= 4 is 11.8 Å². The van der Waals surface area contributed by atoms with Crippen molar-refractivity contribution in [3.8, 4) is 0 Å². The van der Waals surface area contributed by atoms with Gasteiger partial charge in [-0.05, 0) is 12.5 Å². The first-order chi connectivity index (χ1) is 9.49. The smallest absolute Gasteiger partial charge is 0.236 e. The Bertz CT molecular complexity index is 364. The molecule has 114 valence electrons. The SMILES string of the molecule is CC1CNCC1C(=O)N1CCN(CC(=O)N(C)C)CC1. The van der Waals surface area contributed by atoms with E-state index >= 15 is 0 Å². The highest BCUT2D eigenvalue weighted by Gasteiger charge is 2.34. The minimum atomic E-state index is 0.124. The zero-order valence-electron chi connectivity index (χ0n) is 12.8. The van der Waals surface area contributed by atoms with Crippen LogP contribution in [0.5, 0.6) is 0 Å². The lowest BCUT2D eigenvalue weighted by Crippen LogP contribution is -2.52. The molecule has 2 amide bonds. The van der Waals surface area contributed by atoms with E-state index in [1.807, 2.05) is 4.90 Å². The highest BCUT2D eigenvalue weighted by atomic mass is 16.2. The summed E-state index contributed by atoms with van der Waals surface area (Å²) in [5.41, 5.74) is 0. The van der Waals surface area contributed by atoms with Gasteiger partial charge in [0.05, 0.1) is 12.5 Å². The molecule has 2 rings (SSSR count). The zero-order valence-corrected chi connectivity index (χ0v) is 12.8. The van der Waals surface area contributed by atoms with Crippen molar-refractivity contribution in [2.24, 2.45) is 11.8 Å². The second-order valence-electron chi connectivity index (χ2n) is 6.13. The third-order valence-electron chi connectivity index (χ3n) is 4.38. The molecule has 2 heterocycles. The molecule has 6 nitrogen and oxygen atoms in total. The van der Waals surface area contributed by atoms with Crippen molar-refractivity contribution in [2.45, 2.75) is 6.92 Å². The summed E-state index contributed by atoms with van der Waals surface area (Å²) in [7, 11) is 3.55. The number of nitrogens with zero attached hydrogens (tertiary/aromatic N) is 3. The van der Waals surface area contributed by atoms with Gasteiger partial charge in [-0.15, -0.1) is 0 Å². The number of piperazine rings is 1. The summed E-state index contributed by atoms with van der Waals surface area (Å²) in [6.07, 6.45) is 0. The molecule has 0 radical (unpaired) electrons. The largest absolute Gasteiger partial charge is 0.348 e. The van der Waals surface area contributed by atoms with Crippen LogP contribution < -0.4 is 5.32 Å². The predicted molar refractivity (Wildman–Crippen MR) is 77.2 cm³/mol. The quantitative estimate of drug-likeness (QED) is 0.727. The summed E-state index contributed by atoms with van der Waals surface area (Å²) in [6, 6.07) is 0. The first-order valence-electron chi connectivity index (χ1n) is 7.41. The van der Waals surface area contributed by atoms with Gasteiger partial charge in [-0.2, -0.15) is 0 Å². The van der Waals surface area contributed by atoms with E-state index in [0.717, 1.165) is 39.3 Å². The average molecular weight is 282 g/mol. The van der Waals surface area contributed by atoms with Crippen LogP contribution in [0.25, 0.3) is 0 Å². The van der Waals surface area contributed by atoms with Crippen LogP contribution in [0.15, 0.2) is 0 Å². The Morgan fingerprint density at radius 3 is 2.30 bits per heavy atom. The lowest BCUT2D eigenvalue weighted by atomic mass is 9.96. The third kappa shape index (κ3) is 3.49. The second kappa shape index (κ2) is 6.54. The molecule has 2 atom stereocenters. The second-order valence-corrected chi connectivity index (χ2v) is 6.13. The summed E-state index contributed by atoms with van der Waals surface area (Å²) in [5.74, 6) is 0.959. The lowest BCUT2D eigenvalue weighted by molar-refractivity contribution is -0.138. The predicted octanol–water partition coefficient (Wildman–Crippen LogP) is -0.926. The van der Waals surface area contributed by atoms with E-state index in [-0.39, 0.29) is 17.7 Å². The Morgan fingerprint density at radius 2 is 1.80 bits per heavy atom. The van der Waals surface area contributed by atoms with Gasteiger partial charge >= 0.3 is 0 Å². The number of amides is 2. The lowest BCUT2D eigenvalue weighted by Gasteiger charge is -2.36. The minimum absolute atomic E-state index is 0.124. The van der Waals surface area contributed by atoms with E-state index in [1.165, 1.54) is 0 Å². The first kappa shape index (κ1) is 15.3. The first-order valence-corrected chi connectivity index (χ1v) is 7.41. The maximum absolute atomic E-state index is 12.4. The molecule has 0 aromatic heterocycles. The number of carbonyl (C=O) groups excluding carboxylic acids is 2. The Labute approximate surface area is 121 Å². The monoisotopic (exact) mass is 282 g/mol. The average Bonchev–Trinajstić information content (AvgIpc) is 2.85. The van der Waals surface area contributed by atoms with E-state index in [1.54, 1.807) is 19.0 Å². The molecular formula is C14H26N4O2. The standard InChI is InChI=1S/C14H26N4O2/c1-11-8-15-9-12(11)14(20)18-6-4-17(5-7-18)10-13(19)16(2)3/h11-12,15H,4-10H2,1-3H3. The molecule has 1 N–H and O–H groups in total. The van der Waals surface area contributed by atoms with E-state index in [4.69, 9.17) is 0 Å². The molecule has 2 aliphatic heterocycles. The number of nitrogens with one attached hydrogen (secondary N) is 1. The Balaban J connectivity index is 1.79. The minimum Gasteiger partial charge on any atom is -0.348 e. The van der Waals surface area contributed by atoms with Crippen LogP contribution in [0.2, 0.25) is 0 Å². The topological polar surface area (TPSA) is 55.9 Å². The van der Waals surface area contributed by atoms with Gasteiger partial charge < -0.3 is 15.1 Å². The van der Waals surface area contributed by atoms with Gasteiger partial charge in [-0.3, -0.25) is 14.5 Å². The van der Waals surface area contributed by atoms with Crippen molar-refractivity contribution < 1.29 is 9.59 Å². The molecule has 2 unspecified atom stereocenters. The van der Waals surface area contributed by atoms with Crippen molar-refractivity contribution in [1.29, 1.82) is 0 Å². The summed E-state index contributed by atoms with van der Waals surface area (Å²) >= 11 is 0. The van der Waals surface area contributed by atoms with Crippen LogP contribution in [0.1, 0.15) is 6.92 Å². The van der Waals surface area contributed by atoms with Gasteiger partial charge in [0, 0.05) is 46.8 Å². The molecule has 2 fully saturated rings. The maximum atomic E-state index is 12.4.